The van der Waals surface area contributed by atoms with Gasteiger partial charge in [0.05, 0.1) is 18.1 Å². The summed E-state index contributed by atoms with van der Waals surface area (Å²) >= 11 is 4.78. The Kier molecular flexibility index (Phi) is 3.97. The van der Waals surface area contributed by atoms with Gasteiger partial charge in [-0.25, -0.2) is 4.98 Å². The predicted octanol–water partition coefficient (Wildman–Crippen LogP) is 1.88. The molecule has 0 radical (unpaired) electrons. The molecule has 0 aliphatic heterocycles. The monoisotopic (exact) mass is 330 g/mol. The van der Waals surface area contributed by atoms with Crippen LogP contribution in [0.2, 0.25) is 0 Å². The molecule has 0 bridgehead atoms. The maximum atomic E-state index is 12.0. The number of aromatic amines is 1. The number of nitrogens with zero attached hydrogens (tertiary/aromatic N) is 2. The number of carbonyl (C=O) groups is 1. The molecular weight excluding hydrogens is 320 g/mol. The molecule has 0 aromatic carbocycles. The van der Waals surface area contributed by atoms with Gasteiger partial charge in [-0.3, -0.25) is 9.89 Å². The van der Waals surface area contributed by atoms with Gasteiger partial charge >= 0.3 is 0 Å². The van der Waals surface area contributed by atoms with Crippen molar-refractivity contribution in [1.82, 2.24) is 20.5 Å². The predicted molar refractivity (Wildman–Crippen MR) is 70.9 cm³/mol. The Labute approximate surface area is 116 Å². The third-order valence-corrected chi connectivity index (χ3v) is 4.56. The summed E-state index contributed by atoms with van der Waals surface area (Å²) < 4.78 is 6.04. The fourth-order valence-electron chi connectivity index (χ4n) is 1.40. The molecular formula is C10H11BrN4O2S. The van der Waals surface area contributed by atoms with E-state index in [4.69, 9.17) is 4.74 Å². The van der Waals surface area contributed by atoms with Gasteiger partial charge in [0, 0.05) is 4.88 Å². The number of hydrogen-bond donors (Lipinski definition) is 2. The highest BCUT2D eigenvalue weighted by Crippen LogP contribution is 2.38. The van der Waals surface area contributed by atoms with E-state index in [9.17, 15) is 4.79 Å². The normalized spacial score (nSPS) is 10.4. The van der Waals surface area contributed by atoms with E-state index < -0.39 is 0 Å². The molecule has 18 heavy (non-hydrogen) atoms. The molecule has 0 unspecified atom stereocenters. The molecule has 0 fully saturated rings. The maximum absolute atomic E-state index is 12.0. The van der Waals surface area contributed by atoms with E-state index in [1.54, 1.807) is 7.11 Å². The Bertz CT molecular complexity index is 552. The summed E-state index contributed by atoms with van der Waals surface area (Å²) in [5.74, 6) is 0.976. The SMILES string of the molecule is COc1c(C(=O)NCc2ncn[nH]2)sc(C)c1Br. The highest BCUT2D eigenvalue weighted by atomic mass is 79.9. The van der Waals surface area contributed by atoms with Crippen LogP contribution in [-0.4, -0.2) is 28.2 Å². The molecule has 0 spiro atoms. The summed E-state index contributed by atoms with van der Waals surface area (Å²) in [6, 6.07) is 0. The molecule has 2 heterocycles. The van der Waals surface area contributed by atoms with E-state index in [1.165, 1.54) is 17.7 Å². The summed E-state index contributed by atoms with van der Waals surface area (Å²) in [7, 11) is 1.54. The number of aromatic nitrogens is 3. The van der Waals surface area contributed by atoms with Gasteiger partial charge in [-0.1, -0.05) is 0 Å². The third kappa shape index (κ3) is 2.54. The van der Waals surface area contributed by atoms with E-state index in [0.717, 1.165) is 9.35 Å². The highest BCUT2D eigenvalue weighted by molar-refractivity contribution is 9.10. The Morgan fingerprint density at radius 3 is 3.06 bits per heavy atom. The standard InChI is InChI=1S/C10H11BrN4O2S/c1-5-7(11)8(17-2)9(18-5)10(16)12-3-6-13-4-14-15-6/h4H,3H2,1-2H3,(H,12,16)(H,13,14,15). The summed E-state index contributed by atoms with van der Waals surface area (Å²) in [4.78, 5) is 17.5. The van der Waals surface area contributed by atoms with Gasteiger partial charge in [0.25, 0.3) is 5.91 Å². The Morgan fingerprint density at radius 1 is 1.67 bits per heavy atom. The first-order valence-electron chi connectivity index (χ1n) is 5.08. The van der Waals surface area contributed by atoms with Gasteiger partial charge in [0.1, 0.15) is 17.0 Å². The number of ether oxygens (including phenoxy) is 1. The van der Waals surface area contributed by atoms with Crippen LogP contribution in [-0.2, 0) is 6.54 Å². The van der Waals surface area contributed by atoms with Crippen LogP contribution in [0.5, 0.6) is 5.75 Å². The van der Waals surface area contributed by atoms with Gasteiger partial charge in [-0.05, 0) is 22.9 Å². The average Bonchev–Trinajstić information content (AvgIpc) is 2.96. The second kappa shape index (κ2) is 5.49. The summed E-state index contributed by atoms with van der Waals surface area (Å²) in [6.07, 6.45) is 1.40. The molecule has 0 saturated carbocycles. The first-order valence-corrected chi connectivity index (χ1v) is 6.69. The number of aryl methyl sites for hydroxylation is 1. The Morgan fingerprint density at radius 2 is 2.44 bits per heavy atom. The number of carbonyl (C=O) groups excluding carboxylic acids is 1. The lowest BCUT2D eigenvalue weighted by Crippen LogP contribution is -2.23. The van der Waals surface area contributed by atoms with E-state index in [0.29, 0.717) is 23.0 Å². The molecule has 2 aromatic rings. The van der Waals surface area contributed by atoms with Crippen LogP contribution in [0.3, 0.4) is 0 Å². The molecule has 1 amide bonds. The first kappa shape index (κ1) is 13.0. The zero-order chi connectivity index (χ0) is 13.1. The van der Waals surface area contributed by atoms with Crippen molar-refractivity contribution in [3.8, 4) is 5.75 Å². The zero-order valence-electron chi connectivity index (χ0n) is 9.78. The fraction of sp³-hybridized carbons (Fsp3) is 0.300. The molecule has 2 aromatic heterocycles. The smallest absolute Gasteiger partial charge is 0.265 e. The number of methoxy groups -OCH3 is 1. The molecule has 2 rings (SSSR count). The molecule has 0 saturated heterocycles. The van der Waals surface area contributed by atoms with Crippen molar-refractivity contribution in [2.45, 2.75) is 13.5 Å². The summed E-state index contributed by atoms with van der Waals surface area (Å²) in [6.45, 7) is 2.22. The van der Waals surface area contributed by atoms with Crippen molar-refractivity contribution in [2.24, 2.45) is 0 Å². The van der Waals surface area contributed by atoms with Gasteiger partial charge in [0.15, 0.2) is 5.75 Å². The van der Waals surface area contributed by atoms with Crippen molar-refractivity contribution in [1.29, 1.82) is 0 Å². The number of amides is 1. The summed E-state index contributed by atoms with van der Waals surface area (Å²) in [5, 5.41) is 9.14. The topological polar surface area (TPSA) is 79.9 Å². The third-order valence-electron chi connectivity index (χ3n) is 2.26. The van der Waals surface area contributed by atoms with Crippen LogP contribution >= 0.6 is 27.3 Å². The molecule has 2 N–H and O–H groups in total. The molecule has 0 atom stereocenters. The van der Waals surface area contributed by atoms with Gasteiger partial charge < -0.3 is 10.1 Å². The minimum Gasteiger partial charge on any atom is -0.494 e. The Balaban J connectivity index is 2.11. The molecule has 96 valence electrons. The molecule has 0 aliphatic rings. The van der Waals surface area contributed by atoms with Crippen molar-refractivity contribution >= 4 is 33.2 Å². The van der Waals surface area contributed by atoms with Crippen molar-refractivity contribution in [3.05, 3.63) is 26.4 Å². The zero-order valence-corrected chi connectivity index (χ0v) is 12.2. The van der Waals surface area contributed by atoms with Crippen LogP contribution in [0.15, 0.2) is 10.8 Å². The molecule has 8 heteroatoms. The van der Waals surface area contributed by atoms with Crippen LogP contribution in [0, 0.1) is 6.92 Å². The molecule has 0 aliphatic carbocycles. The second-order valence-electron chi connectivity index (χ2n) is 3.45. The van der Waals surface area contributed by atoms with Crippen LogP contribution in [0.25, 0.3) is 0 Å². The lowest BCUT2D eigenvalue weighted by atomic mass is 10.3. The van der Waals surface area contributed by atoms with Crippen molar-refractivity contribution in [2.75, 3.05) is 7.11 Å². The summed E-state index contributed by atoms with van der Waals surface area (Å²) in [5.41, 5.74) is 0. The lowest BCUT2D eigenvalue weighted by Gasteiger charge is -2.04. The number of nitrogens with one attached hydrogen (secondary N) is 2. The van der Waals surface area contributed by atoms with Crippen LogP contribution in [0.1, 0.15) is 20.4 Å². The first-order chi connectivity index (χ1) is 8.63. The van der Waals surface area contributed by atoms with Crippen LogP contribution < -0.4 is 10.1 Å². The van der Waals surface area contributed by atoms with E-state index in [2.05, 4.69) is 36.4 Å². The lowest BCUT2D eigenvalue weighted by molar-refractivity contribution is 0.0951. The van der Waals surface area contributed by atoms with E-state index >= 15 is 0 Å². The minimum absolute atomic E-state index is 0.193. The second-order valence-corrected chi connectivity index (χ2v) is 5.47. The quantitative estimate of drug-likeness (QED) is 0.896. The van der Waals surface area contributed by atoms with Crippen molar-refractivity contribution in [3.63, 3.8) is 0 Å². The van der Waals surface area contributed by atoms with E-state index in [-0.39, 0.29) is 5.91 Å². The number of H-pyrrole nitrogens is 1. The molecule has 6 nitrogen and oxygen atoms in total. The average molecular weight is 331 g/mol. The van der Waals surface area contributed by atoms with Crippen molar-refractivity contribution < 1.29 is 9.53 Å². The number of thiophene rings is 1. The number of halogens is 1. The Hall–Kier alpha value is -1.41. The van der Waals surface area contributed by atoms with E-state index in [1.807, 2.05) is 6.92 Å². The van der Waals surface area contributed by atoms with Crippen LogP contribution in [0.4, 0.5) is 0 Å². The van der Waals surface area contributed by atoms with Gasteiger partial charge in [0.2, 0.25) is 0 Å². The number of rotatable bonds is 4. The minimum atomic E-state index is -0.193. The maximum Gasteiger partial charge on any atom is 0.265 e. The highest BCUT2D eigenvalue weighted by Gasteiger charge is 2.20. The fourth-order valence-corrected chi connectivity index (χ4v) is 3.06. The van der Waals surface area contributed by atoms with Gasteiger partial charge in [-0.2, -0.15) is 5.10 Å². The number of hydrogen-bond acceptors (Lipinski definition) is 5. The van der Waals surface area contributed by atoms with Gasteiger partial charge in [-0.15, -0.1) is 11.3 Å². The largest absolute Gasteiger partial charge is 0.494 e.